The van der Waals surface area contributed by atoms with Crippen molar-refractivity contribution in [3.05, 3.63) is 22.8 Å². The zero-order chi connectivity index (χ0) is 19.5. The quantitative estimate of drug-likeness (QED) is 0.157. The summed E-state index contributed by atoms with van der Waals surface area (Å²) in [5.74, 6) is 2.77. The molecule has 1 N–H and O–H groups in total. The molecule has 1 aromatic rings. The normalized spacial score (nSPS) is 24.1. The molecule has 0 spiro atoms. The van der Waals surface area contributed by atoms with E-state index in [2.05, 4.69) is 10.9 Å². The highest BCUT2D eigenvalue weighted by molar-refractivity contribution is 14.1. The van der Waals surface area contributed by atoms with Crippen molar-refractivity contribution in [3.63, 3.8) is 0 Å². The summed E-state index contributed by atoms with van der Waals surface area (Å²) in [6.07, 6.45) is 6.92. The molecule has 7 heteroatoms. The predicted molar refractivity (Wildman–Crippen MR) is 109 cm³/mol. The molecule has 5 nitrogen and oxygen atoms in total. The number of terminal acetylenes is 1. The Hall–Kier alpha value is -1.37. The molecule has 2 rings (SSSR count). The van der Waals surface area contributed by atoms with Crippen molar-refractivity contribution in [3.8, 4) is 18.1 Å². The van der Waals surface area contributed by atoms with Gasteiger partial charge in [0, 0.05) is 37.2 Å². The molecule has 0 heterocycles. The lowest BCUT2D eigenvalue weighted by Gasteiger charge is -2.50. The maximum atomic E-state index is 15.5. The molecule has 0 bridgehead atoms. The number of halogens is 2. The largest absolute Gasteiger partial charge is 0.496 e. The van der Waals surface area contributed by atoms with Crippen LogP contribution in [0.2, 0.25) is 0 Å². The Morgan fingerprint density at radius 2 is 2.19 bits per heavy atom. The maximum absolute atomic E-state index is 15.5. The molecular formula is C19H24FIN2O3. The molecule has 0 radical (unpaired) electrons. The summed E-state index contributed by atoms with van der Waals surface area (Å²) in [5.41, 5.74) is 0.485. The lowest BCUT2D eigenvalue weighted by molar-refractivity contribution is -0.104. The van der Waals surface area contributed by atoms with Gasteiger partial charge in [-0.3, -0.25) is 0 Å². The third-order valence-electron chi connectivity index (χ3n) is 4.68. The summed E-state index contributed by atoms with van der Waals surface area (Å²) >= 11 is 1.65. The highest BCUT2D eigenvalue weighted by atomic mass is 127. The number of benzene rings is 1. The van der Waals surface area contributed by atoms with Crippen molar-refractivity contribution < 1.29 is 19.0 Å². The topological polar surface area (TPSA) is 54.3 Å². The van der Waals surface area contributed by atoms with Crippen molar-refractivity contribution in [1.82, 2.24) is 4.90 Å². The van der Waals surface area contributed by atoms with Gasteiger partial charge in [0.1, 0.15) is 18.0 Å². The smallest absolute Gasteiger partial charge is 0.219 e. The van der Waals surface area contributed by atoms with Crippen LogP contribution in [0.1, 0.15) is 30.0 Å². The number of fused-ring (bicyclic) bond motifs is 1. The summed E-state index contributed by atoms with van der Waals surface area (Å²) < 4.78 is 24.2. The molecule has 142 valence electrons. The highest BCUT2D eigenvalue weighted by Gasteiger charge is 2.65. The van der Waals surface area contributed by atoms with Crippen molar-refractivity contribution in [2.75, 3.05) is 33.9 Å². The molecule has 2 atom stereocenters. The molecule has 2 unspecified atom stereocenters. The van der Waals surface area contributed by atoms with Crippen molar-refractivity contribution >= 4 is 34.6 Å². The van der Waals surface area contributed by atoms with Gasteiger partial charge in [-0.1, -0.05) is 5.92 Å². The van der Waals surface area contributed by atoms with Gasteiger partial charge in [0.15, 0.2) is 0 Å². The van der Waals surface area contributed by atoms with E-state index in [1.807, 2.05) is 18.9 Å². The average molecular weight is 474 g/mol. The molecule has 0 aliphatic heterocycles. The maximum Gasteiger partial charge on any atom is 0.219 e. The third-order valence-corrected chi connectivity index (χ3v) is 6.11. The van der Waals surface area contributed by atoms with Crippen LogP contribution in [0.15, 0.2) is 11.1 Å². The Morgan fingerprint density at radius 3 is 2.77 bits per heavy atom. The number of aliphatic imine (C=N–C) groups is 1. The van der Waals surface area contributed by atoms with E-state index < -0.39 is 9.28 Å². The van der Waals surface area contributed by atoms with Crippen LogP contribution in [0.25, 0.3) is 0 Å². The Kier molecular flexibility index (Phi) is 6.53. The number of aliphatic hydroxyl groups is 1. The van der Waals surface area contributed by atoms with Crippen LogP contribution in [-0.2, 0) is 14.0 Å². The molecule has 1 aliphatic rings. The van der Waals surface area contributed by atoms with Crippen molar-refractivity contribution in [2.45, 2.75) is 29.5 Å². The molecule has 1 aromatic carbocycles. The standard InChI is InChI=1S/C19H24FIN2O3/c1-6-9-26-10-8-18(24)17-15(25-5)11-14(22-12-23(4)7-2)13(3)16(17)19(18,20)21/h1,11-12,24H,7-10H2,2-5H3/b22-12+. The van der Waals surface area contributed by atoms with Gasteiger partial charge in [-0.15, -0.1) is 6.42 Å². The number of methoxy groups -OCH3 is 1. The van der Waals surface area contributed by atoms with Gasteiger partial charge >= 0.3 is 0 Å². The van der Waals surface area contributed by atoms with E-state index in [0.717, 1.165) is 6.54 Å². The fourth-order valence-corrected chi connectivity index (χ4v) is 4.23. The Labute approximate surface area is 167 Å². The minimum absolute atomic E-state index is 0.0815. The predicted octanol–water partition coefficient (Wildman–Crippen LogP) is 3.41. The van der Waals surface area contributed by atoms with Gasteiger partial charge in [-0.2, -0.15) is 0 Å². The van der Waals surface area contributed by atoms with Crippen molar-refractivity contribution in [2.24, 2.45) is 4.99 Å². The third kappa shape index (κ3) is 3.42. The van der Waals surface area contributed by atoms with E-state index in [9.17, 15) is 5.11 Å². The van der Waals surface area contributed by atoms with Gasteiger partial charge in [0.2, 0.25) is 3.68 Å². The van der Waals surface area contributed by atoms with Crippen LogP contribution in [0.5, 0.6) is 5.75 Å². The Balaban J connectivity index is 2.45. The molecular weight excluding hydrogens is 450 g/mol. The molecule has 0 amide bonds. The summed E-state index contributed by atoms with van der Waals surface area (Å²) in [5, 5.41) is 11.0. The number of alkyl halides is 2. The van der Waals surface area contributed by atoms with Gasteiger partial charge in [0.25, 0.3) is 0 Å². The van der Waals surface area contributed by atoms with E-state index in [0.29, 0.717) is 28.1 Å². The lowest BCUT2D eigenvalue weighted by Crippen LogP contribution is -2.53. The Morgan fingerprint density at radius 1 is 1.50 bits per heavy atom. The molecule has 0 saturated heterocycles. The second-order valence-electron chi connectivity index (χ2n) is 6.23. The minimum Gasteiger partial charge on any atom is -0.496 e. The number of rotatable bonds is 8. The van der Waals surface area contributed by atoms with Crippen LogP contribution in [-0.4, -0.2) is 50.3 Å². The van der Waals surface area contributed by atoms with E-state index in [1.165, 1.54) is 7.11 Å². The fourth-order valence-electron chi connectivity index (χ4n) is 3.02. The zero-order valence-corrected chi connectivity index (χ0v) is 17.6. The summed E-state index contributed by atoms with van der Waals surface area (Å²) in [7, 11) is 3.40. The molecule has 0 saturated carbocycles. The number of hydrogen-bond acceptors (Lipinski definition) is 4. The van der Waals surface area contributed by atoms with Crippen LogP contribution in [0.4, 0.5) is 10.1 Å². The summed E-state index contributed by atoms with van der Waals surface area (Å²) in [4.78, 5) is 6.36. The van der Waals surface area contributed by atoms with Gasteiger partial charge < -0.3 is 19.5 Å². The average Bonchev–Trinajstić information content (AvgIpc) is 2.62. The number of ether oxygens (including phenoxy) is 2. The Bertz CT molecular complexity index is 745. The van der Waals surface area contributed by atoms with Gasteiger partial charge in [-0.05, 0) is 42.0 Å². The summed E-state index contributed by atoms with van der Waals surface area (Å²) in [6.45, 7) is 4.90. The van der Waals surface area contributed by atoms with Crippen molar-refractivity contribution in [1.29, 1.82) is 0 Å². The minimum atomic E-state index is -1.96. The molecule has 26 heavy (non-hydrogen) atoms. The SMILES string of the molecule is C#CCOCCC1(O)c2c(OC)cc(/N=C/N(C)CC)c(C)c2C1(F)I. The van der Waals surface area contributed by atoms with Crippen LogP contribution < -0.4 is 4.74 Å². The van der Waals surface area contributed by atoms with E-state index in [-0.39, 0.29) is 19.6 Å². The van der Waals surface area contributed by atoms with Crippen LogP contribution in [0.3, 0.4) is 0 Å². The first-order chi connectivity index (χ1) is 12.2. The molecule has 0 fully saturated rings. The van der Waals surface area contributed by atoms with Crippen LogP contribution in [0, 0.1) is 19.3 Å². The first kappa shape index (κ1) is 20.9. The monoisotopic (exact) mass is 474 g/mol. The van der Waals surface area contributed by atoms with E-state index >= 15 is 4.39 Å². The molecule has 1 aliphatic carbocycles. The van der Waals surface area contributed by atoms with E-state index in [4.69, 9.17) is 15.9 Å². The second kappa shape index (κ2) is 8.11. The number of hydrogen-bond donors (Lipinski definition) is 1. The first-order valence-electron chi connectivity index (χ1n) is 8.32. The van der Waals surface area contributed by atoms with Crippen LogP contribution >= 0.6 is 22.6 Å². The zero-order valence-electron chi connectivity index (χ0n) is 15.5. The van der Waals surface area contributed by atoms with Gasteiger partial charge in [-0.25, -0.2) is 9.38 Å². The highest BCUT2D eigenvalue weighted by Crippen LogP contribution is 2.66. The lowest BCUT2D eigenvalue weighted by atomic mass is 9.67. The number of nitrogens with zero attached hydrogens (tertiary/aromatic N) is 2. The molecule has 0 aromatic heterocycles. The van der Waals surface area contributed by atoms with Gasteiger partial charge in [0.05, 0.1) is 25.7 Å². The fraction of sp³-hybridized carbons (Fsp3) is 0.526. The first-order valence-corrected chi connectivity index (χ1v) is 9.40. The van der Waals surface area contributed by atoms with E-state index in [1.54, 1.807) is 41.9 Å². The second-order valence-corrected chi connectivity index (χ2v) is 7.72. The summed E-state index contributed by atoms with van der Waals surface area (Å²) in [6, 6.07) is 1.73.